The molecule has 12 nitrogen and oxygen atoms in total. The van der Waals surface area contributed by atoms with Crippen LogP contribution in [-0.2, 0) is 19.8 Å². The quantitative estimate of drug-likeness (QED) is 0.176. The first-order chi connectivity index (χ1) is 21.1. The predicted molar refractivity (Wildman–Crippen MR) is 161 cm³/mol. The van der Waals surface area contributed by atoms with Crippen molar-refractivity contribution in [2.45, 2.75) is 57.0 Å². The van der Waals surface area contributed by atoms with E-state index in [9.17, 15) is 22.8 Å². The molecule has 4 N–H and O–H groups in total. The van der Waals surface area contributed by atoms with Crippen LogP contribution in [0.25, 0.3) is 0 Å². The highest BCUT2D eigenvalue weighted by Crippen LogP contribution is 2.48. The topological polar surface area (TPSA) is 149 Å². The molecule has 4 rings (SSSR count). The van der Waals surface area contributed by atoms with Crippen LogP contribution in [0, 0.1) is 0 Å². The number of aromatic nitrogens is 3. The Morgan fingerprint density at radius 3 is 2.16 bits per heavy atom. The molecule has 45 heavy (non-hydrogen) atoms. The van der Waals surface area contributed by atoms with E-state index in [0.29, 0.717) is 16.4 Å². The summed E-state index contributed by atoms with van der Waals surface area (Å²) < 4.78 is 53.5. The van der Waals surface area contributed by atoms with E-state index < -0.39 is 48.0 Å². The minimum Gasteiger partial charge on any atom is -0.467 e. The van der Waals surface area contributed by atoms with Crippen LogP contribution in [0.2, 0.25) is 5.02 Å². The first kappa shape index (κ1) is 33.4. The lowest BCUT2D eigenvalue weighted by atomic mass is 10.1. The number of benzene rings is 2. The van der Waals surface area contributed by atoms with Gasteiger partial charge in [0.15, 0.2) is 6.61 Å². The number of ether oxygens (including phenoxy) is 3. The second-order valence-electron chi connectivity index (χ2n) is 11.2. The molecular formula is C29H33ClF3N7O5. The van der Waals surface area contributed by atoms with Crippen LogP contribution in [0.3, 0.4) is 0 Å². The van der Waals surface area contributed by atoms with Gasteiger partial charge in [0, 0.05) is 16.4 Å². The van der Waals surface area contributed by atoms with E-state index in [1.54, 1.807) is 57.2 Å². The van der Waals surface area contributed by atoms with Crippen LogP contribution in [0.15, 0.2) is 48.5 Å². The van der Waals surface area contributed by atoms with Gasteiger partial charge in [-0.25, -0.2) is 9.59 Å². The van der Waals surface area contributed by atoms with Gasteiger partial charge in [-0.2, -0.15) is 28.1 Å². The number of anilines is 4. The Morgan fingerprint density at radius 1 is 0.956 bits per heavy atom. The fraction of sp³-hybridized carbons (Fsp3) is 0.414. The molecular weight excluding hydrogens is 619 g/mol. The van der Waals surface area contributed by atoms with E-state index >= 15 is 0 Å². The Morgan fingerprint density at radius 2 is 1.58 bits per heavy atom. The molecule has 1 saturated carbocycles. The van der Waals surface area contributed by atoms with E-state index in [0.717, 1.165) is 18.4 Å². The lowest BCUT2D eigenvalue weighted by molar-refractivity contribution is -0.154. The second-order valence-corrected chi connectivity index (χ2v) is 11.6. The minimum atomic E-state index is -4.60. The molecule has 1 atom stereocenters. The van der Waals surface area contributed by atoms with Crippen LogP contribution in [0.4, 0.5) is 41.2 Å². The van der Waals surface area contributed by atoms with E-state index in [4.69, 9.17) is 25.8 Å². The monoisotopic (exact) mass is 651 g/mol. The molecule has 1 aromatic heterocycles. The van der Waals surface area contributed by atoms with Gasteiger partial charge in [-0.05, 0) is 75.6 Å². The number of hydrogen-bond donors (Lipinski definition) is 4. The van der Waals surface area contributed by atoms with E-state index in [-0.39, 0.29) is 18.4 Å². The standard InChI is InChI=1S/C29H33ClF3N7O5/c1-27(2,3)45-26(42)34-15-21(22(41)43-4)35-19-9-11-20(12-10-19)36-23-37-24(39-25(38-23)44-16-29(31,32)33)40-28(13-14-28)17-5-7-18(30)8-6-17/h5-12,21,35H,13-16H2,1-4H3,(H,34,42)(H2,36,37,38,39,40)/t21-/m0/s1. The molecule has 0 bridgehead atoms. The number of hydrogen-bond acceptors (Lipinski definition) is 11. The number of esters is 1. The third-order valence-corrected chi connectivity index (χ3v) is 6.55. The fourth-order valence-electron chi connectivity index (χ4n) is 4.09. The SMILES string of the molecule is COC(=O)[C@H](CNC(=O)OC(C)(C)C)Nc1ccc(Nc2nc(NC3(c4ccc(Cl)cc4)CC3)nc(OCC(F)(F)F)n2)cc1. The average Bonchev–Trinajstić information content (AvgIpc) is 3.74. The van der Waals surface area contributed by atoms with Crippen molar-refractivity contribution in [1.29, 1.82) is 0 Å². The fourth-order valence-corrected chi connectivity index (χ4v) is 4.21. The van der Waals surface area contributed by atoms with Gasteiger partial charge in [-0.1, -0.05) is 23.7 Å². The molecule has 0 spiro atoms. The van der Waals surface area contributed by atoms with E-state index in [1.165, 1.54) is 7.11 Å². The van der Waals surface area contributed by atoms with Crippen LogP contribution >= 0.6 is 11.6 Å². The molecule has 1 aliphatic rings. The maximum absolute atomic E-state index is 12.9. The number of nitrogens with zero attached hydrogens (tertiary/aromatic N) is 3. The summed E-state index contributed by atoms with van der Waals surface area (Å²) in [5.74, 6) is -0.656. The van der Waals surface area contributed by atoms with Crippen molar-refractivity contribution in [2.24, 2.45) is 0 Å². The Balaban J connectivity index is 1.47. The third kappa shape index (κ3) is 10.3. The van der Waals surface area contributed by atoms with Gasteiger partial charge in [0.25, 0.3) is 0 Å². The normalized spacial score (nSPS) is 14.5. The van der Waals surface area contributed by atoms with Crippen molar-refractivity contribution >= 4 is 46.9 Å². The number of amides is 1. The number of methoxy groups -OCH3 is 1. The summed E-state index contributed by atoms with van der Waals surface area (Å²) in [7, 11) is 1.22. The third-order valence-electron chi connectivity index (χ3n) is 6.29. The molecule has 2 aromatic carbocycles. The molecule has 1 fully saturated rings. The molecule has 1 amide bonds. The zero-order chi connectivity index (χ0) is 32.8. The Hall–Kier alpha value is -4.53. The van der Waals surface area contributed by atoms with Crippen molar-refractivity contribution in [3.63, 3.8) is 0 Å². The summed E-state index contributed by atoms with van der Waals surface area (Å²) in [6, 6.07) is 12.3. The number of rotatable bonds is 12. The second kappa shape index (κ2) is 13.6. The highest BCUT2D eigenvalue weighted by atomic mass is 35.5. The summed E-state index contributed by atoms with van der Waals surface area (Å²) in [5, 5.41) is 12.2. The molecule has 1 aliphatic carbocycles. The first-order valence-electron chi connectivity index (χ1n) is 13.8. The minimum absolute atomic E-state index is 0.0221. The van der Waals surface area contributed by atoms with Crippen molar-refractivity contribution in [1.82, 2.24) is 20.3 Å². The van der Waals surface area contributed by atoms with Crippen molar-refractivity contribution in [3.8, 4) is 6.01 Å². The van der Waals surface area contributed by atoms with Gasteiger partial charge in [-0.15, -0.1) is 0 Å². The average molecular weight is 652 g/mol. The van der Waals surface area contributed by atoms with Gasteiger partial charge < -0.3 is 35.5 Å². The van der Waals surface area contributed by atoms with E-state index in [1.807, 2.05) is 12.1 Å². The maximum Gasteiger partial charge on any atom is 0.422 e. The summed E-state index contributed by atoms with van der Waals surface area (Å²) in [4.78, 5) is 36.7. The number of halogens is 4. The number of nitrogens with one attached hydrogen (secondary N) is 4. The van der Waals surface area contributed by atoms with Gasteiger partial charge in [-0.3, -0.25) is 0 Å². The highest BCUT2D eigenvalue weighted by Gasteiger charge is 2.45. The van der Waals surface area contributed by atoms with Crippen LogP contribution in [0.1, 0.15) is 39.2 Å². The summed E-state index contributed by atoms with van der Waals surface area (Å²) in [6.07, 6.45) is -3.79. The van der Waals surface area contributed by atoms with Gasteiger partial charge >= 0.3 is 24.2 Å². The first-order valence-corrected chi connectivity index (χ1v) is 14.2. The summed E-state index contributed by atoms with van der Waals surface area (Å²) in [6.45, 7) is 3.46. The predicted octanol–water partition coefficient (Wildman–Crippen LogP) is 5.79. The van der Waals surface area contributed by atoms with Gasteiger partial charge in [0.1, 0.15) is 11.6 Å². The van der Waals surface area contributed by atoms with Gasteiger partial charge in [0.05, 0.1) is 19.2 Å². The van der Waals surface area contributed by atoms with Crippen LogP contribution in [-0.4, -0.2) is 65.1 Å². The lowest BCUT2D eigenvalue weighted by Gasteiger charge is -2.22. The largest absolute Gasteiger partial charge is 0.467 e. The van der Waals surface area contributed by atoms with Crippen molar-refractivity contribution in [3.05, 3.63) is 59.1 Å². The van der Waals surface area contributed by atoms with Gasteiger partial charge in [0.2, 0.25) is 11.9 Å². The van der Waals surface area contributed by atoms with Crippen LogP contribution in [0.5, 0.6) is 6.01 Å². The zero-order valence-electron chi connectivity index (χ0n) is 24.9. The van der Waals surface area contributed by atoms with E-state index in [2.05, 4.69) is 36.2 Å². The molecule has 1 heterocycles. The molecule has 0 saturated heterocycles. The lowest BCUT2D eigenvalue weighted by Crippen LogP contribution is -2.43. The number of alkyl halides is 3. The Labute approximate surface area is 262 Å². The molecule has 16 heteroatoms. The molecule has 3 aromatic rings. The summed E-state index contributed by atoms with van der Waals surface area (Å²) in [5.41, 5.74) is 0.686. The highest BCUT2D eigenvalue weighted by molar-refractivity contribution is 6.30. The van der Waals surface area contributed by atoms with Crippen molar-refractivity contribution in [2.75, 3.05) is 36.2 Å². The smallest absolute Gasteiger partial charge is 0.422 e. The molecule has 0 unspecified atom stereocenters. The Bertz CT molecular complexity index is 1480. The number of carbonyl (C=O) groups is 2. The molecule has 242 valence electrons. The zero-order valence-corrected chi connectivity index (χ0v) is 25.7. The Kier molecular flexibility index (Phi) is 10.1. The number of carbonyl (C=O) groups excluding carboxylic acids is 2. The maximum atomic E-state index is 12.9. The number of alkyl carbamates (subject to hydrolysis) is 1. The van der Waals surface area contributed by atoms with Crippen LogP contribution < -0.4 is 26.0 Å². The molecule has 0 radical (unpaired) electrons. The summed E-state index contributed by atoms with van der Waals surface area (Å²) >= 11 is 6.02. The molecule has 0 aliphatic heterocycles. The van der Waals surface area contributed by atoms with Crippen molar-refractivity contribution < 1.29 is 37.0 Å².